The molecule has 1 heterocycles. The Bertz CT molecular complexity index is 795. The van der Waals surface area contributed by atoms with Gasteiger partial charge in [-0.1, -0.05) is 0 Å². The molecule has 0 aromatic heterocycles. The Morgan fingerprint density at radius 1 is 1.27 bits per heavy atom. The van der Waals surface area contributed by atoms with Gasteiger partial charge in [0.05, 0.1) is 22.6 Å². The molecule has 0 atom stereocenters. The summed E-state index contributed by atoms with van der Waals surface area (Å²) >= 11 is 7.31. The highest BCUT2D eigenvalue weighted by molar-refractivity contribution is 9.13. The van der Waals surface area contributed by atoms with Crippen LogP contribution >= 0.6 is 43.6 Å². The van der Waals surface area contributed by atoms with Crippen molar-refractivity contribution < 1.29 is 29.0 Å². The molecule has 1 aromatic carbocycles. The molecule has 0 aliphatic carbocycles. The molecule has 0 radical (unpaired) electrons. The minimum Gasteiger partial charge on any atom is -0.503 e. The maximum absolute atomic E-state index is 12.4. The van der Waals surface area contributed by atoms with Crippen LogP contribution in [0.25, 0.3) is 6.08 Å². The average Bonchev–Trinajstić information content (AvgIpc) is 2.85. The van der Waals surface area contributed by atoms with E-state index in [0.717, 1.165) is 16.7 Å². The van der Waals surface area contributed by atoms with Crippen LogP contribution in [0.4, 0.5) is 4.79 Å². The summed E-state index contributed by atoms with van der Waals surface area (Å²) in [5.41, 5.74) is 0.528. The summed E-state index contributed by atoms with van der Waals surface area (Å²) < 4.78 is 11.0. The number of aromatic hydroxyl groups is 1. The van der Waals surface area contributed by atoms with Gasteiger partial charge < -0.3 is 14.6 Å². The number of phenols is 1. The minimum absolute atomic E-state index is 0.0775. The molecule has 140 valence electrons. The molecular formula is C16H15Br2NO6S. The number of rotatable bonds is 6. The van der Waals surface area contributed by atoms with E-state index in [0.29, 0.717) is 21.1 Å². The van der Waals surface area contributed by atoms with Gasteiger partial charge in [0.2, 0.25) is 0 Å². The van der Waals surface area contributed by atoms with E-state index in [2.05, 4.69) is 31.9 Å². The number of thioether (sulfide) groups is 1. The van der Waals surface area contributed by atoms with Crippen LogP contribution in [0.15, 0.2) is 19.9 Å². The predicted octanol–water partition coefficient (Wildman–Crippen LogP) is 3.92. The maximum Gasteiger partial charge on any atom is 0.326 e. The number of hydrogen-bond donors (Lipinski definition) is 1. The van der Waals surface area contributed by atoms with E-state index in [-0.39, 0.29) is 23.0 Å². The first-order valence-electron chi connectivity index (χ1n) is 7.54. The summed E-state index contributed by atoms with van der Waals surface area (Å²) in [5, 5.41) is 9.52. The van der Waals surface area contributed by atoms with E-state index >= 15 is 0 Å². The van der Waals surface area contributed by atoms with Crippen molar-refractivity contribution >= 4 is 66.8 Å². The standard InChI is InChI=1S/C16H15Br2NO6S/c1-3-24-9-5-8(12(17)13(18)14(9)21)6-10-15(22)19(16(23)26-10)7-11(20)25-4-2/h5-6,21H,3-4,7H2,1-2H3/b10-6-. The second kappa shape index (κ2) is 8.92. The van der Waals surface area contributed by atoms with Crippen molar-refractivity contribution in [1.82, 2.24) is 4.90 Å². The van der Waals surface area contributed by atoms with Gasteiger partial charge in [-0.25, -0.2) is 0 Å². The molecular weight excluding hydrogens is 494 g/mol. The fourth-order valence-corrected chi connectivity index (χ4v) is 3.77. The smallest absolute Gasteiger partial charge is 0.326 e. The number of imide groups is 1. The van der Waals surface area contributed by atoms with Gasteiger partial charge in [-0.2, -0.15) is 0 Å². The summed E-state index contributed by atoms with van der Waals surface area (Å²) in [6.45, 7) is 3.49. The van der Waals surface area contributed by atoms with Crippen LogP contribution in [0.5, 0.6) is 11.5 Å². The summed E-state index contributed by atoms with van der Waals surface area (Å²) in [7, 11) is 0. The van der Waals surface area contributed by atoms with E-state index < -0.39 is 23.7 Å². The molecule has 26 heavy (non-hydrogen) atoms. The number of benzene rings is 1. The van der Waals surface area contributed by atoms with Crippen LogP contribution in [-0.4, -0.2) is 46.9 Å². The molecule has 1 aliphatic rings. The van der Waals surface area contributed by atoms with Gasteiger partial charge in [0.25, 0.3) is 11.1 Å². The molecule has 2 amide bonds. The first-order valence-corrected chi connectivity index (χ1v) is 9.95. The lowest BCUT2D eigenvalue weighted by atomic mass is 10.2. The number of halogens is 2. The molecule has 0 spiro atoms. The zero-order chi connectivity index (χ0) is 19.4. The largest absolute Gasteiger partial charge is 0.503 e. The van der Waals surface area contributed by atoms with Crippen molar-refractivity contribution in [1.29, 1.82) is 0 Å². The predicted molar refractivity (Wildman–Crippen MR) is 104 cm³/mol. The van der Waals surface area contributed by atoms with Crippen LogP contribution < -0.4 is 4.74 Å². The van der Waals surface area contributed by atoms with Gasteiger partial charge in [0.15, 0.2) is 11.5 Å². The van der Waals surface area contributed by atoms with Crippen molar-refractivity contribution in [2.45, 2.75) is 13.8 Å². The Balaban J connectivity index is 2.34. The number of ether oxygens (including phenoxy) is 2. The van der Waals surface area contributed by atoms with Crippen molar-refractivity contribution in [2.75, 3.05) is 19.8 Å². The van der Waals surface area contributed by atoms with Gasteiger partial charge in [-0.05, 0) is 75.2 Å². The van der Waals surface area contributed by atoms with Gasteiger partial charge in [-0.15, -0.1) is 0 Å². The summed E-state index contributed by atoms with van der Waals surface area (Å²) in [6.07, 6.45) is 1.49. The molecule has 1 saturated heterocycles. The molecule has 1 aromatic rings. The topological polar surface area (TPSA) is 93.1 Å². The highest BCUT2D eigenvalue weighted by Crippen LogP contribution is 2.43. The zero-order valence-corrected chi connectivity index (χ0v) is 17.9. The lowest BCUT2D eigenvalue weighted by molar-refractivity contribution is -0.145. The third kappa shape index (κ3) is 4.41. The zero-order valence-electron chi connectivity index (χ0n) is 13.9. The number of carbonyl (C=O) groups is 3. The SMILES string of the molecule is CCOC(=O)CN1C(=O)S/C(=C\c2cc(OCC)c(O)c(Br)c2Br)C1=O. The molecule has 0 saturated carbocycles. The number of carbonyl (C=O) groups excluding carboxylic acids is 3. The van der Waals surface area contributed by atoms with Gasteiger partial charge >= 0.3 is 5.97 Å². The van der Waals surface area contributed by atoms with E-state index in [1.54, 1.807) is 19.9 Å². The van der Waals surface area contributed by atoms with Gasteiger partial charge in [0, 0.05) is 4.47 Å². The second-order valence-corrected chi connectivity index (χ2v) is 7.53. The summed E-state index contributed by atoms with van der Waals surface area (Å²) in [4.78, 5) is 37.0. The Morgan fingerprint density at radius 3 is 2.58 bits per heavy atom. The van der Waals surface area contributed by atoms with Crippen molar-refractivity contribution in [3.05, 3.63) is 25.5 Å². The highest BCUT2D eigenvalue weighted by atomic mass is 79.9. The molecule has 0 unspecified atom stereocenters. The molecule has 0 bridgehead atoms. The average molecular weight is 509 g/mol. The van der Waals surface area contributed by atoms with Gasteiger partial charge in [-0.3, -0.25) is 19.3 Å². The second-order valence-electron chi connectivity index (χ2n) is 4.95. The van der Waals surface area contributed by atoms with Crippen LogP contribution in [0, 0.1) is 0 Å². The summed E-state index contributed by atoms with van der Waals surface area (Å²) in [5.74, 6) is -1.07. The fourth-order valence-electron chi connectivity index (χ4n) is 2.10. The lowest BCUT2D eigenvalue weighted by Gasteiger charge is -2.12. The van der Waals surface area contributed by atoms with Crippen molar-refractivity contribution in [3.8, 4) is 11.5 Å². The number of hydrogen-bond acceptors (Lipinski definition) is 7. The Kier molecular flexibility index (Phi) is 7.13. The molecule has 2 rings (SSSR count). The Hall–Kier alpha value is -1.52. The third-order valence-electron chi connectivity index (χ3n) is 3.23. The molecule has 1 aliphatic heterocycles. The van der Waals surface area contributed by atoms with Crippen LogP contribution in [0.3, 0.4) is 0 Å². The van der Waals surface area contributed by atoms with E-state index in [1.165, 1.54) is 6.08 Å². The maximum atomic E-state index is 12.4. The van der Waals surface area contributed by atoms with E-state index in [1.807, 2.05) is 0 Å². The van der Waals surface area contributed by atoms with E-state index in [4.69, 9.17) is 9.47 Å². The van der Waals surface area contributed by atoms with Gasteiger partial charge in [0.1, 0.15) is 6.54 Å². The first kappa shape index (κ1) is 20.8. The van der Waals surface area contributed by atoms with Crippen LogP contribution in [-0.2, 0) is 14.3 Å². The summed E-state index contributed by atoms with van der Waals surface area (Å²) in [6, 6.07) is 1.55. The number of esters is 1. The Labute approximate surface area is 171 Å². The first-order chi connectivity index (χ1) is 12.3. The monoisotopic (exact) mass is 507 g/mol. The Morgan fingerprint density at radius 2 is 1.96 bits per heavy atom. The fraction of sp³-hybridized carbons (Fsp3) is 0.312. The number of nitrogens with zero attached hydrogens (tertiary/aromatic N) is 1. The normalized spacial score (nSPS) is 15.7. The van der Waals surface area contributed by atoms with Crippen LogP contribution in [0.2, 0.25) is 0 Å². The lowest BCUT2D eigenvalue weighted by Crippen LogP contribution is -2.34. The quantitative estimate of drug-likeness (QED) is 0.459. The molecule has 7 nitrogen and oxygen atoms in total. The van der Waals surface area contributed by atoms with Crippen LogP contribution in [0.1, 0.15) is 19.4 Å². The minimum atomic E-state index is -0.650. The third-order valence-corrected chi connectivity index (χ3v) is 6.29. The van der Waals surface area contributed by atoms with E-state index in [9.17, 15) is 19.5 Å². The highest BCUT2D eigenvalue weighted by Gasteiger charge is 2.36. The van der Waals surface area contributed by atoms with Crippen molar-refractivity contribution in [2.24, 2.45) is 0 Å². The van der Waals surface area contributed by atoms with Crippen molar-refractivity contribution in [3.63, 3.8) is 0 Å². The molecule has 1 fully saturated rings. The molecule has 1 N–H and O–H groups in total. The number of phenolic OH excluding ortho intramolecular Hbond substituents is 1. The molecule has 10 heteroatoms. The number of amides is 2.